The zero-order valence-electron chi connectivity index (χ0n) is 10.1. The normalized spacial score (nSPS) is 26.5. The summed E-state index contributed by atoms with van der Waals surface area (Å²) in [6.07, 6.45) is 4.64. The lowest BCUT2D eigenvalue weighted by atomic mass is 9.79. The van der Waals surface area contributed by atoms with Crippen LogP contribution in [0, 0.1) is 11.8 Å². The summed E-state index contributed by atoms with van der Waals surface area (Å²) in [6.45, 7) is 4.62. The van der Waals surface area contributed by atoms with Gasteiger partial charge < -0.3 is 10.4 Å². The van der Waals surface area contributed by atoms with E-state index in [9.17, 15) is 9.90 Å². The second-order valence-corrected chi connectivity index (χ2v) is 7.15. The van der Waals surface area contributed by atoms with Gasteiger partial charge in [-0.15, -0.1) is 0 Å². The molecular formula is C12H22BrNO2. The zero-order chi connectivity index (χ0) is 12.2. The minimum absolute atomic E-state index is 0.0229. The van der Waals surface area contributed by atoms with Gasteiger partial charge in [-0.3, -0.25) is 4.79 Å². The summed E-state index contributed by atoms with van der Waals surface area (Å²) in [5.41, 5.74) is 0. The van der Waals surface area contributed by atoms with Gasteiger partial charge in [-0.05, 0) is 38.5 Å². The maximum atomic E-state index is 11.7. The molecule has 1 amide bonds. The molecule has 0 aliphatic heterocycles. The molecule has 1 fully saturated rings. The van der Waals surface area contributed by atoms with Crippen LogP contribution in [0.15, 0.2) is 0 Å². The largest absolute Gasteiger partial charge is 0.396 e. The molecule has 1 aliphatic carbocycles. The molecule has 2 atom stereocenters. The predicted octanol–water partition coefficient (Wildman–Crippen LogP) is 2.07. The average Bonchev–Trinajstić information content (AvgIpc) is 2.24. The van der Waals surface area contributed by atoms with Gasteiger partial charge in [0.1, 0.15) is 0 Å². The van der Waals surface area contributed by atoms with Gasteiger partial charge in [0.15, 0.2) is 0 Å². The molecule has 2 N–H and O–H groups in total. The van der Waals surface area contributed by atoms with Crippen LogP contribution in [-0.2, 0) is 4.79 Å². The van der Waals surface area contributed by atoms with E-state index in [4.69, 9.17) is 0 Å². The summed E-state index contributed by atoms with van der Waals surface area (Å²) in [6, 6.07) is 0. The van der Waals surface area contributed by atoms with E-state index in [0.29, 0.717) is 18.4 Å². The third-order valence-electron chi connectivity index (χ3n) is 3.37. The fraction of sp³-hybridized carbons (Fsp3) is 0.917. The average molecular weight is 292 g/mol. The molecule has 16 heavy (non-hydrogen) atoms. The van der Waals surface area contributed by atoms with Crippen molar-refractivity contribution >= 4 is 21.8 Å². The molecule has 0 aromatic heterocycles. The summed E-state index contributed by atoms with van der Waals surface area (Å²) in [5, 5.41) is 12.2. The molecule has 94 valence electrons. The van der Waals surface area contributed by atoms with Crippen LogP contribution < -0.4 is 5.32 Å². The van der Waals surface area contributed by atoms with Crippen LogP contribution in [0.25, 0.3) is 0 Å². The molecule has 1 rings (SSSR count). The van der Waals surface area contributed by atoms with Gasteiger partial charge in [-0.1, -0.05) is 28.8 Å². The monoisotopic (exact) mass is 291 g/mol. The van der Waals surface area contributed by atoms with Crippen molar-refractivity contribution in [3.63, 3.8) is 0 Å². The van der Waals surface area contributed by atoms with E-state index >= 15 is 0 Å². The van der Waals surface area contributed by atoms with Crippen molar-refractivity contribution in [1.29, 1.82) is 0 Å². The number of aliphatic hydroxyl groups is 1. The van der Waals surface area contributed by atoms with Crippen molar-refractivity contribution in [1.82, 2.24) is 5.32 Å². The first-order valence-electron chi connectivity index (χ1n) is 6.03. The second kappa shape index (κ2) is 6.01. The molecule has 4 heteroatoms. The molecule has 0 spiro atoms. The van der Waals surface area contributed by atoms with Crippen molar-refractivity contribution in [2.75, 3.05) is 13.2 Å². The first kappa shape index (κ1) is 14.0. The summed E-state index contributed by atoms with van der Waals surface area (Å²) >= 11 is 3.34. The van der Waals surface area contributed by atoms with Crippen LogP contribution in [0.4, 0.5) is 0 Å². The molecule has 0 aromatic rings. The summed E-state index contributed by atoms with van der Waals surface area (Å²) in [7, 11) is 0. The molecule has 1 aliphatic rings. The first-order valence-corrected chi connectivity index (χ1v) is 6.82. The maximum absolute atomic E-state index is 11.7. The fourth-order valence-electron chi connectivity index (χ4n) is 2.23. The second-order valence-electron chi connectivity index (χ2n) is 5.17. The number of amides is 1. The van der Waals surface area contributed by atoms with E-state index in [0.717, 1.165) is 12.8 Å². The lowest BCUT2D eigenvalue weighted by molar-refractivity contribution is -0.122. The van der Waals surface area contributed by atoms with Gasteiger partial charge in [0.25, 0.3) is 0 Å². The number of carbonyl (C=O) groups is 1. The molecule has 0 saturated heterocycles. The Morgan fingerprint density at radius 3 is 2.44 bits per heavy atom. The fourth-order valence-corrected chi connectivity index (χ4v) is 2.37. The van der Waals surface area contributed by atoms with Gasteiger partial charge in [-0.25, -0.2) is 0 Å². The van der Waals surface area contributed by atoms with Crippen LogP contribution in [0.3, 0.4) is 0 Å². The van der Waals surface area contributed by atoms with Gasteiger partial charge in [0.2, 0.25) is 5.91 Å². The molecule has 1 saturated carbocycles. The first-order chi connectivity index (χ1) is 7.45. The van der Waals surface area contributed by atoms with E-state index in [1.165, 1.54) is 12.8 Å². The highest BCUT2D eigenvalue weighted by molar-refractivity contribution is 9.10. The van der Waals surface area contributed by atoms with Crippen molar-refractivity contribution in [3.8, 4) is 0 Å². The van der Waals surface area contributed by atoms with E-state index in [1.54, 1.807) is 0 Å². The standard InChI is InChI=1S/C12H22BrNO2/c1-12(2,13)11(16)14-7-9-5-3-4-6-10(9)8-15/h9-10,15H,3-8H2,1-2H3,(H,14,16). The third-order valence-corrected chi connectivity index (χ3v) is 3.73. The van der Waals surface area contributed by atoms with E-state index in [-0.39, 0.29) is 12.5 Å². The SMILES string of the molecule is CC(C)(Br)C(=O)NCC1CCCCC1CO. The number of hydrogen-bond donors (Lipinski definition) is 2. The Morgan fingerprint density at radius 2 is 1.94 bits per heavy atom. The Morgan fingerprint density at radius 1 is 1.38 bits per heavy atom. The Bertz CT molecular complexity index is 238. The third kappa shape index (κ3) is 4.06. The minimum Gasteiger partial charge on any atom is -0.396 e. The van der Waals surface area contributed by atoms with Crippen molar-refractivity contribution in [3.05, 3.63) is 0 Å². The Hall–Kier alpha value is -0.0900. The van der Waals surface area contributed by atoms with E-state index < -0.39 is 4.32 Å². The summed E-state index contributed by atoms with van der Waals surface area (Å²) in [4.78, 5) is 11.7. The molecule has 3 nitrogen and oxygen atoms in total. The van der Waals surface area contributed by atoms with Gasteiger partial charge >= 0.3 is 0 Å². The molecule has 0 heterocycles. The lowest BCUT2D eigenvalue weighted by Crippen LogP contribution is -2.42. The predicted molar refractivity (Wildman–Crippen MR) is 68.5 cm³/mol. The number of rotatable bonds is 4. The van der Waals surface area contributed by atoms with E-state index in [2.05, 4.69) is 21.2 Å². The molecule has 0 radical (unpaired) electrons. The number of aliphatic hydroxyl groups excluding tert-OH is 1. The van der Waals surface area contributed by atoms with Gasteiger partial charge in [0.05, 0.1) is 4.32 Å². The highest BCUT2D eigenvalue weighted by Crippen LogP contribution is 2.29. The van der Waals surface area contributed by atoms with Crippen LogP contribution >= 0.6 is 15.9 Å². The number of carbonyl (C=O) groups excluding carboxylic acids is 1. The molecule has 0 bridgehead atoms. The van der Waals surface area contributed by atoms with Crippen LogP contribution in [0.5, 0.6) is 0 Å². The van der Waals surface area contributed by atoms with Crippen molar-refractivity contribution in [2.45, 2.75) is 43.9 Å². The Labute approximate surface area is 106 Å². The van der Waals surface area contributed by atoms with Crippen LogP contribution in [-0.4, -0.2) is 28.5 Å². The molecule has 2 unspecified atom stereocenters. The van der Waals surface area contributed by atoms with Gasteiger partial charge in [0, 0.05) is 13.2 Å². The van der Waals surface area contributed by atoms with Crippen LogP contribution in [0.2, 0.25) is 0 Å². The smallest absolute Gasteiger partial charge is 0.236 e. The highest BCUT2D eigenvalue weighted by atomic mass is 79.9. The summed E-state index contributed by atoms with van der Waals surface area (Å²) in [5.74, 6) is 0.833. The topological polar surface area (TPSA) is 49.3 Å². The summed E-state index contributed by atoms with van der Waals surface area (Å²) < 4.78 is -0.504. The van der Waals surface area contributed by atoms with Crippen LogP contribution in [0.1, 0.15) is 39.5 Å². The Balaban J connectivity index is 2.38. The number of alkyl halides is 1. The molecular weight excluding hydrogens is 270 g/mol. The molecule has 0 aromatic carbocycles. The minimum atomic E-state index is -0.504. The lowest BCUT2D eigenvalue weighted by Gasteiger charge is -2.31. The number of nitrogens with one attached hydrogen (secondary N) is 1. The van der Waals surface area contributed by atoms with Crippen molar-refractivity contribution in [2.24, 2.45) is 11.8 Å². The Kier molecular flexibility index (Phi) is 5.25. The number of halogens is 1. The quantitative estimate of drug-likeness (QED) is 0.779. The number of hydrogen-bond acceptors (Lipinski definition) is 2. The maximum Gasteiger partial charge on any atom is 0.236 e. The van der Waals surface area contributed by atoms with Crippen molar-refractivity contribution < 1.29 is 9.90 Å². The van der Waals surface area contributed by atoms with E-state index in [1.807, 2.05) is 13.8 Å². The highest BCUT2D eigenvalue weighted by Gasteiger charge is 2.28. The zero-order valence-corrected chi connectivity index (χ0v) is 11.7. The van der Waals surface area contributed by atoms with Gasteiger partial charge in [-0.2, -0.15) is 0 Å².